The number of aromatic hydroxyl groups is 1. The first kappa shape index (κ1) is 8.30. The Hall–Kier alpha value is -1.02. The van der Waals surface area contributed by atoms with Gasteiger partial charge in [-0.15, -0.1) is 0 Å². The Balaban J connectivity index is 1.82. The lowest BCUT2D eigenvalue weighted by Crippen LogP contribution is -2.22. The number of hydrogen-bond donors (Lipinski definition) is 2. The number of phenolic OH excluding ortho intramolecular Hbond substituents is 1. The summed E-state index contributed by atoms with van der Waals surface area (Å²) in [5.41, 5.74) is 1.76. The van der Waals surface area contributed by atoms with Crippen molar-refractivity contribution >= 4 is 0 Å². The Morgan fingerprint density at radius 1 is 1.36 bits per heavy atom. The van der Waals surface area contributed by atoms with Gasteiger partial charge in [0.15, 0.2) is 0 Å². The molecule has 2 nitrogen and oxygen atoms in total. The zero-order valence-corrected chi connectivity index (χ0v) is 8.16. The second kappa shape index (κ2) is 2.74. The maximum atomic E-state index is 9.40. The molecular weight excluding hydrogens is 174 g/mol. The fourth-order valence-electron chi connectivity index (χ4n) is 2.50. The van der Waals surface area contributed by atoms with Gasteiger partial charge in [0.05, 0.1) is 0 Å². The molecule has 1 aromatic carbocycles. The van der Waals surface area contributed by atoms with Crippen molar-refractivity contribution in [2.45, 2.75) is 30.7 Å². The molecule has 1 aromatic rings. The summed E-state index contributed by atoms with van der Waals surface area (Å²) in [4.78, 5) is 0. The first-order chi connectivity index (χ1) is 6.77. The molecule has 2 heteroatoms. The highest BCUT2D eigenvalue weighted by atomic mass is 16.3. The average molecular weight is 189 g/mol. The highest BCUT2D eigenvalue weighted by Crippen LogP contribution is 2.47. The molecule has 14 heavy (non-hydrogen) atoms. The number of nitrogens with one attached hydrogen (secondary N) is 1. The minimum absolute atomic E-state index is 0.388. The number of phenols is 1. The molecule has 0 bridgehead atoms. The fraction of sp³-hybridized carbons (Fsp3) is 0.500. The molecular formula is C12H15NO. The smallest absolute Gasteiger partial charge is 0.115 e. The molecule has 1 saturated carbocycles. The Bertz CT molecular complexity index is 357. The molecule has 1 spiro atoms. The van der Waals surface area contributed by atoms with E-state index in [2.05, 4.69) is 11.4 Å². The van der Waals surface area contributed by atoms with Crippen LogP contribution in [0, 0.1) is 0 Å². The van der Waals surface area contributed by atoms with Gasteiger partial charge in [0, 0.05) is 12.1 Å². The van der Waals surface area contributed by atoms with Gasteiger partial charge in [0.25, 0.3) is 0 Å². The summed E-state index contributed by atoms with van der Waals surface area (Å²) < 4.78 is 0. The highest BCUT2D eigenvalue weighted by molar-refractivity contribution is 5.32. The molecule has 2 aliphatic rings. The van der Waals surface area contributed by atoms with E-state index >= 15 is 0 Å². The minimum Gasteiger partial charge on any atom is -0.508 e. The maximum absolute atomic E-state index is 9.40. The van der Waals surface area contributed by atoms with E-state index in [1.165, 1.54) is 24.8 Å². The molecule has 3 rings (SSSR count). The second-order valence-corrected chi connectivity index (χ2v) is 4.66. The first-order valence-electron chi connectivity index (χ1n) is 5.31. The molecule has 74 valence electrons. The third-order valence-corrected chi connectivity index (χ3v) is 3.56. The molecule has 1 aliphatic heterocycles. The van der Waals surface area contributed by atoms with Gasteiger partial charge in [-0.3, -0.25) is 0 Å². The van der Waals surface area contributed by atoms with Gasteiger partial charge in [0.1, 0.15) is 5.75 Å². The number of hydrogen-bond acceptors (Lipinski definition) is 2. The summed E-state index contributed by atoms with van der Waals surface area (Å²) in [5, 5.41) is 13.0. The molecule has 0 amide bonds. The molecule has 1 unspecified atom stereocenters. The van der Waals surface area contributed by atoms with Crippen LogP contribution in [-0.2, 0) is 0 Å². The Morgan fingerprint density at radius 2 is 2.21 bits per heavy atom. The van der Waals surface area contributed by atoms with Crippen LogP contribution in [0.1, 0.15) is 30.7 Å². The van der Waals surface area contributed by atoms with Crippen LogP contribution in [-0.4, -0.2) is 17.2 Å². The molecule has 1 aliphatic carbocycles. The Labute approximate surface area is 84.0 Å². The summed E-state index contributed by atoms with van der Waals surface area (Å²) in [6.45, 7) is 1.07. The van der Waals surface area contributed by atoms with Crippen molar-refractivity contribution in [3.63, 3.8) is 0 Å². The zero-order chi connectivity index (χ0) is 9.60. The van der Waals surface area contributed by atoms with Crippen molar-refractivity contribution in [3.8, 4) is 5.75 Å². The largest absolute Gasteiger partial charge is 0.508 e. The summed E-state index contributed by atoms with van der Waals surface area (Å²) >= 11 is 0. The van der Waals surface area contributed by atoms with Crippen LogP contribution in [0.3, 0.4) is 0 Å². The summed E-state index contributed by atoms with van der Waals surface area (Å²) in [6, 6.07) is 7.68. The van der Waals surface area contributed by atoms with Crippen molar-refractivity contribution in [1.82, 2.24) is 5.32 Å². The molecule has 1 atom stereocenters. The van der Waals surface area contributed by atoms with Crippen LogP contribution in [0.2, 0.25) is 0 Å². The van der Waals surface area contributed by atoms with E-state index in [1.807, 2.05) is 12.1 Å². The van der Waals surface area contributed by atoms with Crippen molar-refractivity contribution < 1.29 is 5.11 Å². The van der Waals surface area contributed by atoms with Gasteiger partial charge < -0.3 is 10.4 Å². The average Bonchev–Trinajstić information content (AvgIpc) is 2.76. The van der Waals surface area contributed by atoms with Crippen molar-refractivity contribution in [2.75, 3.05) is 6.54 Å². The monoisotopic (exact) mass is 189 g/mol. The highest BCUT2D eigenvalue weighted by Gasteiger charge is 2.48. The number of rotatable bonds is 1. The van der Waals surface area contributed by atoms with E-state index in [9.17, 15) is 5.11 Å². The van der Waals surface area contributed by atoms with E-state index in [1.54, 1.807) is 6.07 Å². The van der Waals surface area contributed by atoms with E-state index in [0.717, 1.165) is 6.54 Å². The standard InChI is InChI=1S/C12H15NO/c14-11-3-1-2-9(6-11)10-7-12(4-5-12)13-8-10/h1-3,6,10,13-14H,4-5,7-8H2. The third kappa shape index (κ3) is 1.30. The van der Waals surface area contributed by atoms with E-state index in [-0.39, 0.29) is 0 Å². The SMILES string of the molecule is Oc1cccc(C2CNC3(CC3)C2)c1. The van der Waals surface area contributed by atoms with Gasteiger partial charge in [0.2, 0.25) is 0 Å². The second-order valence-electron chi connectivity index (χ2n) is 4.66. The topological polar surface area (TPSA) is 32.3 Å². The predicted molar refractivity (Wildman–Crippen MR) is 55.4 cm³/mol. The Morgan fingerprint density at radius 3 is 2.86 bits per heavy atom. The first-order valence-corrected chi connectivity index (χ1v) is 5.31. The molecule has 0 aromatic heterocycles. The normalized spacial score (nSPS) is 28.1. The maximum Gasteiger partial charge on any atom is 0.115 e. The zero-order valence-electron chi connectivity index (χ0n) is 8.16. The molecule has 2 fully saturated rings. The molecule has 1 saturated heterocycles. The van der Waals surface area contributed by atoms with Crippen LogP contribution in [0.25, 0.3) is 0 Å². The summed E-state index contributed by atoms with van der Waals surface area (Å²) in [5.74, 6) is 0.990. The lowest BCUT2D eigenvalue weighted by Gasteiger charge is -2.09. The lowest BCUT2D eigenvalue weighted by atomic mass is 9.95. The summed E-state index contributed by atoms with van der Waals surface area (Å²) in [6.07, 6.45) is 3.92. The third-order valence-electron chi connectivity index (χ3n) is 3.56. The number of benzene rings is 1. The predicted octanol–water partition coefficient (Wildman–Crippen LogP) is 2.00. The van der Waals surface area contributed by atoms with Crippen LogP contribution in [0.5, 0.6) is 5.75 Å². The van der Waals surface area contributed by atoms with Crippen molar-refractivity contribution in [1.29, 1.82) is 0 Å². The molecule has 2 N–H and O–H groups in total. The van der Waals surface area contributed by atoms with Gasteiger partial charge in [-0.25, -0.2) is 0 Å². The van der Waals surface area contributed by atoms with E-state index in [4.69, 9.17) is 0 Å². The van der Waals surface area contributed by atoms with Crippen molar-refractivity contribution in [3.05, 3.63) is 29.8 Å². The van der Waals surface area contributed by atoms with Crippen molar-refractivity contribution in [2.24, 2.45) is 0 Å². The van der Waals surface area contributed by atoms with E-state index < -0.39 is 0 Å². The molecule has 1 heterocycles. The van der Waals surface area contributed by atoms with E-state index in [0.29, 0.717) is 17.2 Å². The Kier molecular flexibility index (Phi) is 1.62. The van der Waals surface area contributed by atoms with Gasteiger partial charge in [-0.2, -0.15) is 0 Å². The van der Waals surface area contributed by atoms with Crippen LogP contribution in [0.15, 0.2) is 24.3 Å². The van der Waals surface area contributed by atoms with Gasteiger partial charge in [-0.1, -0.05) is 12.1 Å². The van der Waals surface area contributed by atoms with Gasteiger partial charge >= 0.3 is 0 Å². The fourth-order valence-corrected chi connectivity index (χ4v) is 2.50. The quantitative estimate of drug-likeness (QED) is 0.708. The van der Waals surface area contributed by atoms with Gasteiger partial charge in [-0.05, 0) is 42.9 Å². The molecule has 0 radical (unpaired) electrons. The lowest BCUT2D eigenvalue weighted by molar-refractivity contribution is 0.473. The summed E-state index contributed by atoms with van der Waals surface area (Å²) in [7, 11) is 0. The van der Waals surface area contributed by atoms with Crippen LogP contribution in [0.4, 0.5) is 0 Å². The minimum atomic E-state index is 0.388. The van der Waals surface area contributed by atoms with Crippen LogP contribution < -0.4 is 5.32 Å². The van der Waals surface area contributed by atoms with Crippen LogP contribution >= 0.6 is 0 Å².